The number of hydrogen-bond acceptors (Lipinski definition) is 4. The maximum absolute atomic E-state index is 9.40. The summed E-state index contributed by atoms with van der Waals surface area (Å²) in [4.78, 5) is 0. The topological polar surface area (TPSA) is 46.0 Å². The van der Waals surface area contributed by atoms with Gasteiger partial charge in [0.15, 0.2) is 0 Å². The Morgan fingerprint density at radius 2 is 2.64 bits per heavy atom. The van der Waals surface area contributed by atoms with E-state index < -0.39 is 6.10 Å². The molecule has 1 rings (SSSR count). The fourth-order valence-corrected chi connectivity index (χ4v) is 1.24. The van der Waals surface area contributed by atoms with Crippen LogP contribution in [-0.2, 0) is 0 Å². The van der Waals surface area contributed by atoms with Crippen molar-refractivity contribution in [2.45, 2.75) is 18.9 Å². The van der Waals surface area contributed by atoms with Crippen molar-refractivity contribution in [2.75, 3.05) is 0 Å². The molecule has 60 valence electrons. The lowest BCUT2D eigenvalue weighted by Gasteiger charge is -2.02. The van der Waals surface area contributed by atoms with E-state index in [1.165, 1.54) is 11.5 Å². The Bertz CT molecular complexity index is 210. The van der Waals surface area contributed by atoms with E-state index in [-0.39, 0.29) is 0 Å². The van der Waals surface area contributed by atoms with Crippen molar-refractivity contribution in [3.63, 3.8) is 0 Å². The third-order valence-corrected chi connectivity index (χ3v) is 1.89. The third-order valence-electron chi connectivity index (χ3n) is 1.36. The molecular weight excluding hydrogens is 160 g/mol. The molecule has 1 unspecified atom stereocenters. The van der Waals surface area contributed by atoms with Crippen LogP contribution in [0.3, 0.4) is 0 Å². The van der Waals surface area contributed by atoms with Gasteiger partial charge < -0.3 is 5.11 Å². The second-order valence-corrected chi connectivity index (χ2v) is 2.82. The molecule has 11 heavy (non-hydrogen) atoms. The highest BCUT2D eigenvalue weighted by molar-refractivity contribution is 7.03. The van der Waals surface area contributed by atoms with Crippen LogP contribution in [0.5, 0.6) is 0 Å². The first-order valence-electron chi connectivity index (χ1n) is 3.40. The van der Waals surface area contributed by atoms with E-state index in [9.17, 15) is 5.11 Å². The first-order valence-corrected chi connectivity index (χ1v) is 4.24. The smallest absolute Gasteiger partial charge is 0.104 e. The van der Waals surface area contributed by atoms with Crippen LogP contribution in [0.15, 0.2) is 18.0 Å². The van der Waals surface area contributed by atoms with Crippen molar-refractivity contribution >= 4 is 11.5 Å². The number of aromatic nitrogens is 2. The van der Waals surface area contributed by atoms with Gasteiger partial charge in [0.25, 0.3) is 0 Å². The molecule has 1 N–H and O–H groups in total. The second-order valence-electron chi connectivity index (χ2n) is 2.21. The van der Waals surface area contributed by atoms with E-state index in [4.69, 9.17) is 0 Å². The van der Waals surface area contributed by atoms with Crippen molar-refractivity contribution in [3.05, 3.63) is 23.7 Å². The molecular formula is C7H10N2OS. The van der Waals surface area contributed by atoms with Crippen LogP contribution in [-0.4, -0.2) is 14.7 Å². The monoisotopic (exact) mass is 170 g/mol. The zero-order chi connectivity index (χ0) is 8.10. The molecule has 0 bridgehead atoms. The van der Waals surface area contributed by atoms with E-state index in [0.717, 1.165) is 6.42 Å². The largest absolute Gasteiger partial charge is 0.387 e. The number of hydrogen-bond donors (Lipinski definition) is 1. The minimum Gasteiger partial charge on any atom is -0.387 e. The van der Waals surface area contributed by atoms with Crippen LogP contribution in [0.25, 0.3) is 0 Å². The average molecular weight is 170 g/mol. The maximum atomic E-state index is 9.40. The second kappa shape index (κ2) is 4.20. The lowest BCUT2D eigenvalue weighted by atomic mass is 10.1. The van der Waals surface area contributed by atoms with Gasteiger partial charge in [-0.1, -0.05) is 10.6 Å². The zero-order valence-electron chi connectivity index (χ0n) is 6.10. The van der Waals surface area contributed by atoms with Crippen LogP contribution in [0, 0.1) is 0 Å². The Morgan fingerprint density at radius 1 is 1.82 bits per heavy atom. The molecule has 0 aromatic carbocycles. The molecule has 1 aromatic rings. The molecule has 0 aliphatic rings. The summed E-state index contributed by atoms with van der Waals surface area (Å²) in [5.41, 5.74) is 0.664. The van der Waals surface area contributed by atoms with Gasteiger partial charge >= 0.3 is 0 Å². The van der Waals surface area contributed by atoms with Crippen LogP contribution >= 0.6 is 11.5 Å². The molecule has 0 aliphatic heterocycles. The van der Waals surface area contributed by atoms with Crippen LogP contribution < -0.4 is 0 Å². The Labute approximate surface area is 69.5 Å². The molecule has 0 saturated carbocycles. The first kappa shape index (κ1) is 8.36. The van der Waals surface area contributed by atoms with E-state index >= 15 is 0 Å². The van der Waals surface area contributed by atoms with Crippen LogP contribution in [0.4, 0.5) is 0 Å². The third kappa shape index (κ3) is 2.40. The molecule has 1 heterocycles. The number of aliphatic hydroxyl groups excluding tert-OH is 1. The zero-order valence-corrected chi connectivity index (χ0v) is 6.92. The molecule has 0 radical (unpaired) electrons. The molecule has 3 nitrogen and oxygen atoms in total. The first-order chi connectivity index (χ1) is 5.34. The fourth-order valence-electron chi connectivity index (χ4n) is 0.741. The maximum Gasteiger partial charge on any atom is 0.104 e. The molecule has 0 saturated heterocycles. The van der Waals surface area contributed by atoms with Crippen LogP contribution in [0.1, 0.15) is 24.6 Å². The van der Waals surface area contributed by atoms with Gasteiger partial charge in [-0.05, 0) is 24.4 Å². The van der Waals surface area contributed by atoms with Gasteiger partial charge in [0, 0.05) is 5.38 Å². The predicted octanol–water partition coefficient (Wildman–Crippen LogP) is 1.54. The highest BCUT2D eigenvalue weighted by Gasteiger charge is 2.08. The van der Waals surface area contributed by atoms with Crippen molar-refractivity contribution < 1.29 is 5.11 Å². The predicted molar refractivity (Wildman–Crippen MR) is 44.3 cm³/mol. The highest BCUT2D eigenvalue weighted by atomic mass is 32.1. The fraction of sp³-hybridized carbons (Fsp3) is 0.429. The SMILES string of the molecule is C=CCCC(O)c1csnn1. The Kier molecular flexibility index (Phi) is 3.19. The van der Waals surface area contributed by atoms with E-state index in [1.807, 2.05) is 0 Å². The van der Waals surface area contributed by atoms with E-state index in [2.05, 4.69) is 16.2 Å². The Hall–Kier alpha value is -0.740. The van der Waals surface area contributed by atoms with Gasteiger partial charge in [-0.2, -0.15) is 0 Å². The minimum atomic E-state index is -0.480. The Balaban J connectivity index is 2.42. The van der Waals surface area contributed by atoms with Crippen molar-refractivity contribution in [1.29, 1.82) is 0 Å². The summed E-state index contributed by atoms with van der Waals surface area (Å²) < 4.78 is 3.66. The van der Waals surface area contributed by atoms with Gasteiger partial charge in [0.05, 0.1) is 6.10 Å². The number of nitrogens with zero attached hydrogens (tertiary/aromatic N) is 2. The van der Waals surface area contributed by atoms with Gasteiger partial charge in [0.1, 0.15) is 5.69 Å². The lowest BCUT2D eigenvalue weighted by Crippen LogP contribution is -1.96. The minimum absolute atomic E-state index is 0.480. The summed E-state index contributed by atoms with van der Waals surface area (Å²) in [5, 5.41) is 14.9. The normalized spacial score (nSPS) is 12.8. The average Bonchev–Trinajstić information content (AvgIpc) is 2.52. The summed E-state index contributed by atoms with van der Waals surface area (Å²) in [6.07, 6.45) is 2.78. The van der Waals surface area contributed by atoms with Crippen molar-refractivity contribution in [3.8, 4) is 0 Å². The van der Waals surface area contributed by atoms with Crippen molar-refractivity contribution in [2.24, 2.45) is 0 Å². The summed E-state index contributed by atoms with van der Waals surface area (Å²) in [6.45, 7) is 3.57. The number of allylic oxidation sites excluding steroid dienone is 1. The number of aliphatic hydroxyl groups is 1. The summed E-state index contributed by atoms with van der Waals surface area (Å²) in [5.74, 6) is 0. The van der Waals surface area contributed by atoms with Crippen molar-refractivity contribution in [1.82, 2.24) is 9.59 Å². The lowest BCUT2D eigenvalue weighted by molar-refractivity contribution is 0.164. The Morgan fingerprint density at radius 3 is 3.18 bits per heavy atom. The molecule has 4 heteroatoms. The summed E-state index contributed by atoms with van der Waals surface area (Å²) in [6, 6.07) is 0. The molecule has 0 spiro atoms. The van der Waals surface area contributed by atoms with Gasteiger partial charge in [-0.25, -0.2) is 0 Å². The van der Waals surface area contributed by atoms with Gasteiger partial charge in [-0.3, -0.25) is 0 Å². The van der Waals surface area contributed by atoms with Gasteiger partial charge in [0.2, 0.25) is 0 Å². The molecule has 1 aromatic heterocycles. The molecule has 0 amide bonds. The van der Waals surface area contributed by atoms with E-state index in [0.29, 0.717) is 12.1 Å². The quantitative estimate of drug-likeness (QED) is 0.697. The molecule has 0 aliphatic carbocycles. The standard InChI is InChI=1S/C7H10N2OS/c1-2-3-4-7(10)6-5-11-9-8-6/h2,5,7,10H,1,3-4H2. The summed E-state index contributed by atoms with van der Waals surface area (Å²) in [7, 11) is 0. The highest BCUT2D eigenvalue weighted by Crippen LogP contribution is 2.16. The van der Waals surface area contributed by atoms with Gasteiger partial charge in [-0.15, -0.1) is 11.7 Å². The number of rotatable bonds is 4. The molecule has 1 atom stereocenters. The van der Waals surface area contributed by atoms with E-state index in [1.54, 1.807) is 11.5 Å². The summed E-state index contributed by atoms with van der Waals surface area (Å²) >= 11 is 1.25. The molecule has 0 fully saturated rings. The van der Waals surface area contributed by atoms with Crippen LogP contribution in [0.2, 0.25) is 0 Å².